The number of carbonyl (C=O) groups is 1. The van der Waals surface area contributed by atoms with Gasteiger partial charge in [-0.1, -0.05) is 6.07 Å². The maximum absolute atomic E-state index is 11.2. The highest BCUT2D eigenvalue weighted by molar-refractivity contribution is 8.04. The van der Waals surface area contributed by atoms with Crippen LogP contribution in [0.1, 0.15) is 11.4 Å². The number of carbonyl (C=O) groups excluding carboxylic acids is 1. The second kappa shape index (κ2) is 5.49. The molecule has 2 heterocycles. The standard InChI is InChI=1S/C13H11N3O4S/c1-7-14-13(16-15-7)21-11(12(17)18)5-8-2-3-9-10(4-8)20-6-19-9/h2-5H,6H2,1H3,(H,17,18)(H,14,15,16)/p-1/b11-5+. The summed E-state index contributed by atoms with van der Waals surface area (Å²) in [7, 11) is 0. The van der Waals surface area contributed by atoms with Crippen molar-refractivity contribution in [3.63, 3.8) is 0 Å². The molecule has 1 aliphatic heterocycles. The van der Waals surface area contributed by atoms with Gasteiger partial charge in [-0.3, -0.25) is 5.10 Å². The maximum atomic E-state index is 11.2. The Kier molecular flexibility index (Phi) is 3.53. The summed E-state index contributed by atoms with van der Waals surface area (Å²) in [5, 5.41) is 18.1. The number of aliphatic carboxylic acids is 1. The number of hydrogen-bond acceptors (Lipinski definition) is 7. The lowest BCUT2D eigenvalue weighted by Gasteiger charge is -2.06. The molecule has 3 rings (SSSR count). The van der Waals surface area contributed by atoms with Gasteiger partial charge in [-0.15, -0.1) is 5.10 Å². The fourth-order valence-electron chi connectivity index (χ4n) is 1.75. The second-order valence-electron chi connectivity index (χ2n) is 4.21. The summed E-state index contributed by atoms with van der Waals surface area (Å²) in [6, 6.07) is 5.16. The topological polar surface area (TPSA) is 100 Å². The fourth-order valence-corrected chi connectivity index (χ4v) is 2.50. The molecule has 0 saturated heterocycles. The van der Waals surface area contributed by atoms with E-state index in [1.165, 1.54) is 6.08 Å². The molecule has 0 radical (unpaired) electrons. The van der Waals surface area contributed by atoms with E-state index < -0.39 is 5.97 Å². The zero-order valence-corrected chi connectivity index (χ0v) is 11.8. The Morgan fingerprint density at radius 3 is 2.95 bits per heavy atom. The van der Waals surface area contributed by atoms with Gasteiger partial charge >= 0.3 is 0 Å². The molecule has 0 atom stereocenters. The van der Waals surface area contributed by atoms with Crippen molar-refractivity contribution in [2.45, 2.75) is 12.1 Å². The van der Waals surface area contributed by atoms with Crippen LogP contribution in [0.25, 0.3) is 6.08 Å². The number of carboxylic acids is 1. The summed E-state index contributed by atoms with van der Waals surface area (Å²) in [6.45, 7) is 1.90. The number of nitrogens with one attached hydrogen (secondary N) is 1. The van der Waals surface area contributed by atoms with Gasteiger partial charge in [0, 0.05) is 4.91 Å². The minimum absolute atomic E-state index is 0.00728. The molecule has 0 unspecified atom stereocenters. The van der Waals surface area contributed by atoms with Gasteiger partial charge in [0.2, 0.25) is 11.9 Å². The number of fused-ring (bicyclic) bond motifs is 1. The third kappa shape index (κ3) is 3.00. The molecule has 2 aromatic rings. The molecule has 1 aliphatic rings. The summed E-state index contributed by atoms with van der Waals surface area (Å²) in [5.74, 6) is 0.540. The van der Waals surface area contributed by atoms with Crippen LogP contribution >= 0.6 is 11.8 Å². The van der Waals surface area contributed by atoms with Crippen LogP contribution in [0.5, 0.6) is 11.5 Å². The number of benzene rings is 1. The van der Waals surface area contributed by atoms with Crippen LogP contribution in [-0.4, -0.2) is 27.9 Å². The number of aromatic nitrogens is 3. The molecule has 0 amide bonds. The van der Waals surface area contributed by atoms with Crippen molar-refractivity contribution < 1.29 is 19.4 Å². The summed E-state index contributed by atoms with van der Waals surface area (Å²) >= 11 is 0.919. The minimum Gasteiger partial charge on any atom is -0.544 e. The van der Waals surface area contributed by atoms with Gasteiger partial charge in [0.25, 0.3) is 0 Å². The van der Waals surface area contributed by atoms with Gasteiger partial charge in [-0.2, -0.15) is 0 Å². The monoisotopic (exact) mass is 304 g/mol. The highest BCUT2D eigenvalue weighted by Gasteiger charge is 2.13. The lowest BCUT2D eigenvalue weighted by atomic mass is 10.2. The molecule has 7 nitrogen and oxygen atoms in total. The first kappa shape index (κ1) is 13.5. The molecule has 0 bridgehead atoms. The van der Waals surface area contributed by atoms with E-state index in [-0.39, 0.29) is 11.7 Å². The van der Waals surface area contributed by atoms with Crippen molar-refractivity contribution >= 4 is 23.8 Å². The van der Waals surface area contributed by atoms with Crippen LogP contribution in [0.2, 0.25) is 0 Å². The first-order valence-corrected chi connectivity index (χ1v) is 6.83. The molecule has 0 spiro atoms. The number of aromatic amines is 1. The van der Waals surface area contributed by atoms with Gasteiger partial charge in [-0.05, 0) is 42.5 Å². The average molecular weight is 304 g/mol. The molecule has 1 N–H and O–H groups in total. The van der Waals surface area contributed by atoms with Crippen LogP contribution in [0.3, 0.4) is 0 Å². The van der Waals surface area contributed by atoms with Crippen molar-refractivity contribution in [2.75, 3.05) is 6.79 Å². The normalized spacial score (nSPS) is 13.5. The third-order valence-corrected chi connectivity index (χ3v) is 3.54. The quantitative estimate of drug-likeness (QED) is 0.656. The van der Waals surface area contributed by atoms with Crippen LogP contribution in [0.15, 0.2) is 28.3 Å². The Balaban J connectivity index is 1.88. The first-order chi connectivity index (χ1) is 10.1. The molecular formula is C13H10N3O4S-. The largest absolute Gasteiger partial charge is 0.544 e. The minimum atomic E-state index is -1.29. The Morgan fingerprint density at radius 1 is 1.43 bits per heavy atom. The van der Waals surface area contributed by atoms with Gasteiger partial charge < -0.3 is 19.4 Å². The molecule has 108 valence electrons. The van der Waals surface area contributed by atoms with E-state index in [2.05, 4.69) is 15.2 Å². The molecule has 0 aliphatic carbocycles. The molecule has 1 aromatic heterocycles. The zero-order chi connectivity index (χ0) is 14.8. The van der Waals surface area contributed by atoms with Gasteiger partial charge in [0.05, 0.1) is 5.97 Å². The van der Waals surface area contributed by atoms with Gasteiger partial charge in [0.1, 0.15) is 5.82 Å². The maximum Gasteiger partial charge on any atom is 0.231 e. The summed E-state index contributed by atoms with van der Waals surface area (Å²) in [4.78, 5) is 15.3. The fraction of sp³-hybridized carbons (Fsp3) is 0.154. The highest BCUT2D eigenvalue weighted by atomic mass is 32.2. The van der Waals surface area contributed by atoms with Crippen molar-refractivity contribution in [3.05, 3.63) is 34.5 Å². The summed E-state index contributed by atoms with van der Waals surface area (Å²) < 4.78 is 10.5. The van der Waals surface area contributed by atoms with Crippen LogP contribution < -0.4 is 14.6 Å². The number of thioether (sulfide) groups is 1. The predicted octanol–water partition coefficient (Wildman–Crippen LogP) is 0.725. The second-order valence-corrected chi connectivity index (χ2v) is 5.22. The van der Waals surface area contributed by atoms with Crippen LogP contribution in [-0.2, 0) is 4.79 Å². The van der Waals surface area contributed by atoms with Crippen LogP contribution in [0.4, 0.5) is 0 Å². The van der Waals surface area contributed by atoms with Crippen molar-refractivity contribution in [2.24, 2.45) is 0 Å². The smallest absolute Gasteiger partial charge is 0.231 e. The molecule has 1 aromatic carbocycles. The zero-order valence-electron chi connectivity index (χ0n) is 11.0. The highest BCUT2D eigenvalue weighted by Crippen LogP contribution is 2.34. The van der Waals surface area contributed by atoms with E-state index in [0.717, 1.165) is 11.8 Å². The van der Waals surface area contributed by atoms with Gasteiger partial charge in [0.15, 0.2) is 11.5 Å². The number of hydrogen-bond donors (Lipinski definition) is 1. The number of rotatable bonds is 4. The van der Waals surface area contributed by atoms with E-state index in [1.807, 2.05) is 0 Å². The Labute approximate surface area is 124 Å². The Bertz CT molecular complexity index is 726. The lowest BCUT2D eigenvalue weighted by Crippen LogP contribution is -2.23. The van der Waals surface area contributed by atoms with Crippen LogP contribution in [0, 0.1) is 6.92 Å². The number of ether oxygens (including phenoxy) is 2. The summed E-state index contributed by atoms with van der Waals surface area (Å²) in [5.41, 5.74) is 0.665. The number of nitrogens with zero attached hydrogens (tertiary/aromatic N) is 2. The van der Waals surface area contributed by atoms with Crippen molar-refractivity contribution in [1.82, 2.24) is 15.2 Å². The van der Waals surface area contributed by atoms with E-state index >= 15 is 0 Å². The Morgan fingerprint density at radius 2 is 2.24 bits per heavy atom. The van der Waals surface area contributed by atoms with Crippen molar-refractivity contribution in [3.8, 4) is 11.5 Å². The molecular weight excluding hydrogens is 294 g/mol. The average Bonchev–Trinajstić information content (AvgIpc) is 3.06. The third-order valence-electron chi connectivity index (χ3n) is 2.67. The predicted molar refractivity (Wildman–Crippen MR) is 72.5 cm³/mol. The van der Waals surface area contributed by atoms with E-state index in [9.17, 15) is 9.90 Å². The molecule has 0 fully saturated rings. The molecule has 8 heteroatoms. The van der Waals surface area contributed by atoms with Crippen molar-refractivity contribution in [1.29, 1.82) is 0 Å². The number of aryl methyl sites for hydroxylation is 1. The molecule has 0 saturated carbocycles. The number of H-pyrrole nitrogens is 1. The Hall–Kier alpha value is -2.48. The van der Waals surface area contributed by atoms with E-state index in [1.54, 1.807) is 25.1 Å². The number of carboxylic acid groups (broad SMARTS) is 1. The summed E-state index contributed by atoms with van der Waals surface area (Å²) in [6.07, 6.45) is 1.48. The van der Waals surface area contributed by atoms with E-state index in [4.69, 9.17) is 9.47 Å². The SMILES string of the molecule is Cc1nc(S/C(=C/c2ccc3c(c2)OCO3)C(=O)[O-])n[nH]1. The van der Waals surface area contributed by atoms with Gasteiger partial charge in [-0.25, -0.2) is 4.98 Å². The lowest BCUT2D eigenvalue weighted by molar-refractivity contribution is -0.297. The van der Waals surface area contributed by atoms with E-state index in [0.29, 0.717) is 28.0 Å². The molecule has 21 heavy (non-hydrogen) atoms. The first-order valence-electron chi connectivity index (χ1n) is 6.01.